The number of halogens is 1. The predicted octanol–water partition coefficient (Wildman–Crippen LogP) is 1.97. The van der Waals surface area contributed by atoms with Crippen molar-refractivity contribution in [2.45, 2.75) is 20.4 Å². The number of carbonyl (C=O) groups excluding carboxylic acids is 1. The van der Waals surface area contributed by atoms with Gasteiger partial charge in [-0.05, 0) is 30.8 Å². The van der Waals surface area contributed by atoms with Crippen molar-refractivity contribution < 1.29 is 9.18 Å². The van der Waals surface area contributed by atoms with E-state index in [2.05, 4.69) is 29.4 Å². The molecule has 19 heavy (non-hydrogen) atoms. The third-order valence-corrected chi connectivity index (χ3v) is 2.95. The summed E-state index contributed by atoms with van der Waals surface area (Å²) in [6.07, 6.45) is 0. The second kappa shape index (κ2) is 8.48. The molecular weight excluding hydrogens is 245 g/mol. The first-order valence-electron chi connectivity index (χ1n) is 6.64. The Kier molecular flexibility index (Phi) is 6.89. The molecule has 0 heterocycles. The van der Waals surface area contributed by atoms with Crippen LogP contribution in [-0.2, 0) is 6.54 Å². The van der Waals surface area contributed by atoms with E-state index in [-0.39, 0.29) is 11.8 Å². The van der Waals surface area contributed by atoms with E-state index >= 15 is 0 Å². The third-order valence-electron chi connectivity index (χ3n) is 2.95. The van der Waals surface area contributed by atoms with E-state index in [0.717, 1.165) is 25.2 Å². The van der Waals surface area contributed by atoms with Gasteiger partial charge < -0.3 is 15.5 Å². The molecule has 2 N–H and O–H groups in total. The molecule has 0 bridgehead atoms. The highest BCUT2D eigenvalue weighted by molar-refractivity contribution is 5.73. The Morgan fingerprint density at radius 2 is 2.00 bits per heavy atom. The van der Waals surface area contributed by atoms with Crippen LogP contribution in [-0.4, -0.2) is 37.1 Å². The van der Waals surface area contributed by atoms with E-state index in [1.54, 1.807) is 12.1 Å². The zero-order valence-corrected chi connectivity index (χ0v) is 11.6. The van der Waals surface area contributed by atoms with E-state index in [9.17, 15) is 9.18 Å². The van der Waals surface area contributed by atoms with Crippen LogP contribution in [0.1, 0.15) is 19.4 Å². The van der Waals surface area contributed by atoms with Gasteiger partial charge in [0.05, 0.1) is 0 Å². The summed E-state index contributed by atoms with van der Waals surface area (Å²) in [5, 5.41) is 5.48. The van der Waals surface area contributed by atoms with Crippen molar-refractivity contribution >= 4 is 6.03 Å². The maximum atomic E-state index is 12.9. The Balaban J connectivity index is 2.21. The van der Waals surface area contributed by atoms with E-state index in [4.69, 9.17) is 0 Å². The lowest BCUT2D eigenvalue weighted by Crippen LogP contribution is -2.40. The Morgan fingerprint density at radius 1 is 1.26 bits per heavy atom. The highest BCUT2D eigenvalue weighted by Crippen LogP contribution is 2.02. The molecule has 0 aliphatic rings. The molecule has 1 rings (SSSR count). The fourth-order valence-corrected chi connectivity index (χ4v) is 1.76. The van der Waals surface area contributed by atoms with Crippen LogP contribution in [0.2, 0.25) is 0 Å². The Morgan fingerprint density at radius 3 is 2.63 bits per heavy atom. The van der Waals surface area contributed by atoms with Crippen LogP contribution in [0.4, 0.5) is 9.18 Å². The number of hydrogen-bond acceptors (Lipinski definition) is 2. The largest absolute Gasteiger partial charge is 0.337 e. The van der Waals surface area contributed by atoms with Crippen LogP contribution in [0.3, 0.4) is 0 Å². The summed E-state index contributed by atoms with van der Waals surface area (Å²) < 4.78 is 12.9. The minimum atomic E-state index is -0.291. The van der Waals surface area contributed by atoms with Gasteiger partial charge in [0.15, 0.2) is 0 Å². The van der Waals surface area contributed by atoms with Gasteiger partial charge in [-0.25, -0.2) is 9.18 Å². The zero-order chi connectivity index (χ0) is 14.1. The van der Waals surface area contributed by atoms with Gasteiger partial charge in [-0.15, -0.1) is 0 Å². The molecule has 0 saturated carbocycles. The van der Waals surface area contributed by atoms with Gasteiger partial charge in [0.2, 0.25) is 0 Å². The monoisotopic (exact) mass is 267 g/mol. The summed E-state index contributed by atoms with van der Waals surface area (Å²) >= 11 is 0. The molecule has 0 saturated heterocycles. The topological polar surface area (TPSA) is 44.4 Å². The van der Waals surface area contributed by atoms with Crippen LogP contribution >= 0.6 is 0 Å². The lowest BCUT2D eigenvalue weighted by molar-refractivity contribution is 0.236. The van der Waals surface area contributed by atoms with Crippen LogP contribution in [0, 0.1) is 5.82 Å². The van der Waals surface area contributed by atoms with Crippen molar-refractivity contribution in [2.24, 2.45) is 0 Å². The molecule has 2 amide bonds. The smallest absolute Gasteiger partial charge is 0.315 e. The molecule has 0 atom stereocenters. The quantitative estimate of drug-likeness (QED) is 0.793. The molecule has 0 fully saturated rings. The summed E-state index contributed by atoms with van der Waals surface area (Å²) in [6.45, 7) is 7.90. The number of rotatable bonds is 7. The lowest BCUT2D eigenvalue weighted by atomic mass is 10.2. The number of nitrogens with one attached hydrogen (secondary N) is 2. The summed E-state index contributed by atoms with van der Waals surface area (Å²) in [5.41, 5.74) is 0.749. The minimum absolute atomic E-state index is 0.226. The van der Waals surface area contributed by atoms with Crippen molar-refractivity contribution in [3.05, 3.63) is 35.6 Å². The van der Waals surface area contributed by atoms with Gasteiger partial charge in [0, 0.05) is 19.6 Å². The van der Waals surface area contributed by atoms with Crippen molar-refractivity contribution in [2.75, 3.05) is 26.2 Å². The predicted molar refractivity (Wildman–Crippen MR) is 74.4 cm³/mol. The first kappa shape index (κ1) is 15.4. The molecule has 0 aliphatic carbocycles. The molecule has 0 unspecified atom stereocenters. The molecule has 0 spiro atoms. The van der Waals surface area contributed by atoms with Crippen LogP contribution in [0.25, 0.3) is 0 Å². The van der Waals surface area contributed by atoms with Crippen molar-refractivity contribution in [1.29, 1.82) is 0 Å². The molecule has 5 heteroatoms. The molecule has 4 nitrogen and oxygen atoms in total. The number of urea groups is 1. The first-order chi connectivity index (χ1) is 9.15. The molecule has 1 aromatic rings. The normalized spacial score (nSPS) is 10.5. The first-order valence-corrected chi connectivity index (χ1v) is 6.64. The van der Waals surface area contributed by atoms with E-state index in [1.807, 2.05) is 0 Å². The summed E-state index contributed by atoms with van der Waals surface area (Å²) in [5.74, 6) is -0.291. The molecule has 0 aromatic heterocycles. The van der Waals surface area contributed by atoms with Crippen molar-refractivity contribution in [3.8, 4) is 0 Å². The second-order valence-electron chi connectivity index (χ2n) is 4.27. The van der Waals surface area contributed by atoms with Gasteiger partial charge in [0.1, 0.15) is 5.82 Å². The highest BCUT2D eigenvalue weighted by atomic mass is 19.1. The van der Waals surface area contributed by atoms with Gasteiger partial charge in [-0.1, -0.05) is 26.0 Å². The van der Waals surface area contributed by atoms with Crippen molar-refractivity contribution in [3.63, 3.8) is 0 Å². The fourth-order valence-electron chi connectivity index (χ4n) is 1.76. The Bertz CT molecular complexity index is 394. The van der Waals surface area contributed by atoms with Crippen LogP contribution in [0.15, 0.2) is 24.3 Å². The van der Waals surface area contributed by atoms with E-state index in [0.29, 0.717) is 13.1 Å². The number of hydrogen-bond donors (Lipinski definition) is 2. The average molecular weight is 267 g/mol. The molecule has 1 aromatic carbocycles. The number of nitrogens with zero attached hydrogens (tertiary/aromatic N) is 1. The Hall–Kier alpha value is -1.62. The fraction of sp³-hybridized carbons (Fsp3) is 0.500. The summed E-state index contributed by atoms with van der Waals surface area (Å²) in [7, 11) is 0. The zero-order valence-electron chi connectivity index (χ0n) is 11.6. The molecule has 0 radical (unpaired) electrons. The minimum Gasteiger partial charge on any atom is -0.337 e. The number of likely N-dealkylation sites (N-methyl/N-ethyl adjacent to an activating group) is 1. The lowest BCUT2D eigenvalue weighted by Gasteiger charge is -2.18. The number of carbonyl (C=O) groups is 1. The van der Waals surface area contributed by atoms with E-state index < -0.39 is 0 Å². The molecular formula is C14H22FN3O. The SMILES string of the molecule is CCN(CC)CCNC(=O)NCc1cccc(F)c1. The van der Waals surface area contributed by atoms with Gasteiger partial charge in [-0.3, -0.25) is 0 Å². The number of benzene rings is 1. The van der Waals surface area contributed by atoms with Gasteiger partial charge >= 0.3 is 6.03 Å². The molecule has 0 aliphatic heterocycles. The third kappa shape index (κ3) is 6.20. The molecule has 106 valence electrons. The standard InChI is InChI=1S/C14H22FN3O/c1-3-18(4-2)9-8-16-14(19)17-11-12-6-5-7-13(15)10-12/h5-7,10H,3-4,8-9,11H2,1-2H3,(H2,16,17,19). The van der Waals surface area contributed by atoms with Gasteiger partial charge in [-0.2, -0.15) is 0 Å². The second-order valence-corrected chi connectivity index (χ2v) is 4.27. The van der Waals surface area contributed by atoms with E-state index in [1.165, 1.54) is 12.1 Å². The maximum absolute atomic E-state index is 12.9. The van der Waals surface area contributed by atoms with Gasteiger partial charge in [0.25, 0.3) is 0 Å². The summed E-state index contributed by atoms with van der Waals surface area (Å²) in [6, 6.07) is 5.98. The average Bonchev–Trinajstić information content (AvgIpc) is 2.41. The number of amides is 2. The summed E-state index contributed by atoms with van der Waals surface area (Å²) in [4.78, 5) is 13.8. The highest BCUT2D eigenvalue weighted by Gasteiger charge is 2.02. The maximum Gasteiger partial charge on any atom is 0.315 e. The van der Waals surface area contributed by atoms with Crippen molar-refractivity contribution in [1.82, 2.24) is 15.5 Å². The van der Waals surface area contributed by atoms with Crippen LogP contribution < -0.4 is 10.6 Å². The Labute approximate surface area is 114 Å². The van der Waals surface area contributed by atoms with Crippen LogP contribution in [0.5, 0.6) is 0 Å².